The van der Waals surface area contributed by atoms with Gasteiger partial charge >= 0.3 is 0 Å². The highest BCUT2D eigenvalue weighted by Gasteiger charge is 2.04. The molecule has 0 aliphatic heterocycles. The molecule has 0 fully saturated rings. The summed E-state index contributed by atoms with van der Waals surface area (Å²) in [5.41, 5.74) is 1.51. The van der Waals surface area contributed by atoms with Crippen molar-refractivity contribution in [2.24, 2.45) is 10.2 Å². The van der Waals surface area contributed by atoms with E-state index in [-0.39, 0.29) is 6.04 Å². The SMILES string of the molecule is CC(N=Nc1ncccc1C#N)c1ccccc1. The molecule has 18 heavy (non-hydrogen) atoms. The lowest BCUT2D eigenvalue weighted by atomic mass is 10.1. The summed E-state index contributed by atoms with van der Waals surface area (Å²) in [7, 11) is 0. The van der Waals surface area contributed by atoms with E-state index in [1.54, 1.807) is 18.3 Å². The Hall–Kier alpha value is -2.54. The van der Waals surface area contributed by atoms with Crippen molar-refractivity contribution in [2.45, 2.75) is 13.0 Å². The van der Waals surface area contributed by atoms with Gasteiger partial charge in [0.25, 0.3) is 0 Å². The van der Waals surface area contributed by atoms with E-state index < -0.39 is 0 Å². The third kappa shape index (κ3) is 2.77. The predicted molar refractivity (Wildman–Crippen MR) is 68.3 cm³/mol. The third-order valence-electron chi connectivity index (χ3n) is 2.51. The fourth-order valence-corrected chi connectivity index (χ4v) is 1.50. The van der Waals surface area contributed by atoms with Crippen molar-refractivity contribution in [3.63, 3.8) is 0 Å². The van der Waals surface area contributed by atoms with Crippen LogP contribution in [0.5, 0.6) is 0 Å². The van der Waals surface area contributed by atoms with Crippen molar-refractivity contribution in [3.8, 4) is 6.07 Å². The first kappa shape index (κ1) is 11.9. The molecule has 1 aromatic heterocycles. The number of hydrogen-bond acceptors (Lipinski definition) is 4. The van der Waals surface area contributed by atoms with Crippen molar-refractivity contribution < 1.29 is 0 Å². The van der Waals surface area contributed by atoms with Crippen LogP contribution in [0.25, 0.3) is 0 Å². The summed E-state index contributed by atoms with van der Waals surface area (Å²) in [5, 5.41) is 17.1. The molecule has 0 N–H and O–H groups in total. The summed E-state index contributed by atoms with van der Waals surface area (Å²) in [6.07, 6.45) is 1.60. The lowest BCUT2D eigenvalue weighted by Gasteiger charge is -2.04. The Bertz CT molecular complexity index is 584. The predicted octanol–water partition coefficient (Wildman–Crippen LogP) is 3.80. The van der Waals surface area contributed by atoms with Crippen LogP contribution in [-0.4, -0.2) is 4.98 Å². The molecule has 2 aromatic rings. The van der Waals surface area contributed by atoms with Crippen LogP contribution in [0.2, 0.25) is 0 Å². The number of pyridine rings is 1. The molecule has 88 valence electrons. The second-order valence-corrected chi connectivity index (χ2v) is 3.79. The smallest absolute Gasteiger partial charge is 0.191 e. The average molecular weight is 236 g/mol. The molecule has 0 aliphatic carbocycles. The second kappa shape index (κ2) is 5.69. The van der Waals surface area contributed by atoms with Crippen LogP contribution in [0.15, 0.2) is 58.9 Å². The summed E-state index contributed by atoms with van der Waals surface area (Å²) < 4.78 is 0. The van der Waals surface area contributed by atoms with Crippen molar-refractivity contribution in [3.05, 3.63) is 59.8 Å². The molecular formula is C14H12N4. The molecule has 1 aromatic carbocycles. The van der Waals surface area contributed by atoms with E-state index in [4.69, 9.17) is 5.26 Å². The Morgan fingerprint density at radius 2 is 1.94 bits per heavy atom. The molecule has 4 nitrogen and oxygen atoms in total. The van der Waals surface area contributed by atoms with Gasteiger partial charge in [0.2, 0.25) is 0 Å². The molecule has 0 saturated carbocycles. The minimum Gasteiger partial charge on any atom is -0.234 e. The fourth-order valence-electron chi connectivity index (χ4n) is 1.50. The van der Waals surface area contributed by atoms with Crippen molar-refractivity contribution in [1.82, 2.24) is 4.98 Å². The van der Waals surface area contributed by atoms with Crippen LogP contribution in [-0.2, 0) is 0 Å². The molecule has 0 bridgehead atoms. The van der Waals surface area contributed by atoms with E-state index in [0.717, 1.165) is 5.56 Å². The summed E-state index contributed by atoms with van der Waals surface area (Å²) >= 11 is 0. The van der Waals surface area contributed by atoms with Gasteiger partial charge in [-0.3, -0.25) is 0 Å². The van der Waals surface area contributed by atoms with E-state index in [9.17, 15) is 0 Å². The molecule has 0 saturated heterocycles. The number of rotatable bonds is 3. The van der Waals surface area contributed by atoms with Gasteiger partial charge in [-0.1, -0.05) is 30.3 Å². The Morgan fingerprint density at radius 3 is 2.67 bits per heavy atom. The maximum atomic E-state index is 8.91. The quantitative estimate of drug-likeness (QED) is 0.761. The zero-order chi connectivity index (χ0) is 12.8. The van der Waals surface area contributed by atoms with E-state index in [1.165, 1.54) is 0 Å². The van der Waals surface area contributed by atoms with Gasteiger partial charge in [-0.2, -0.15) is 10.4 Å². The summed E-state index contributed by atoms with van der Waals surface area (Å²) in [5.74, 6) is 0.364. The maximum absolute atomic E-state index is 8.91. The number of benzene rings is 1. The third-order valence-corrected chi connectivity index (χ3v) is 2.51. The van der Waals surface area contributed by atoms with Crippen LogP contribution in [0.4, 0.5) is 5.82 Å². The zero-order valence-electron chi connectivity index (χ0n) is 9.99. The van der Waals surface area contributed by atoms with Gasteiger partial charge < -0.3 is 0 Å². The maximum Gasteiger partial charge on any atom is 0.191 e. The fraction of sp³-hybridized carbons (Fsp3) is 0.143. The topological polar surface area (TPSA) is 61.4 Å². The summed E-state index contributed by atoms with van der Waals surface area (Å²) in [6, 6.07) is 15.2. The van der Waals surface area contributed by atoms with Crippen LogP contribution in [0, 0.1) is 11.3 Å². The first-order valence-electron chi connectivity index (χ1n) is 5.62. The molecule has 0 radical (unpaired) electrons. The van der Waals surface area contributed by atoms with Gasteiger partial charge in [0.15, 0.2) is 5.82 Å². The van der Waals surface area contributed by atoms with Crippen LogP contribution in [0.1, 0.15) is 24.1 Å². The van der Waals surface area contributed by atoms with Gasteiger partial charge in [-0.05, 0) is 24.6 Å². The molecule has 2 rings (SSSR count). The highest BCUT2D eigenvalue weighted by molar-refractivity contribution is 5.46. The molecule has 0 amide bonds. The second-order valence-electron chi connectivity index (χ2n) is 3.79. The molecule has 0 spiro atoms. The van der Waals surface area contributed by atoms with Crippen LogP contribution < -0.4 is 0 Å². The number of hydrogen-bond donors (Lipinski definition) is 0. The summed E-state index contributed by atoms with van der Waals surface area (Å²) in [6.45, 7) is 1.95. The van der Waals surface area contributed by atoms with E-state index in [1.807, 2.05) is 43.3 Å². The largest absolute Gasteiger partial charge is 0.234 e. The van der Waals surface area contributed by atoms with Crippen LogP contribution in [0.3, 0.4) is 0 Å². The number of aromatic nitrogens is 1. The molecule has 1 unspecified atom stereocenters. The minimum absolute atomic E-state index is 0.0558. The van der Waals surface area contributed by atoms with Crippen molar-refractivity contribution in [2.75, 3.05) is 0 Å². The highest BCUT2D eigenvalue weighted by Crippen LogP contribution is 2.20. The molecular weight excluding hydrogens is 224 g/mol. The monoisotopic (exact) mass is 236 g/mol. The van der Waals surface area contributed by atoms with Crippen LogP contribution >= 0.6 is 0 Å². The van der Waals surface area contributed by atoms with Gasteiger partial charge in [0.05, 0.1) is 11.6 Å². The Labute approximate surface area is 106 Å². The van der Waals surface area contributed by atoms with E-state index >= 15 is 0 Å². The lowest BCUT2D eigenvalue weighted by molar-refractivity contribution is 0.760. The first-order chi connectivity index (χ1) is 8.81. The number of azo groups is 1. The normalized spacial score (nSPS) is 12.2. The number of nitrogens with zero attached hydrogens (tertiary/aromatic N) is 4. The molecule has 1 heterocycles. The number of nitriles is 1. The highest BCUT2D eigenvalue weighted by atomic mass is 15.2. The van der Waals surface area contributed by atoms with Crippen molar-refractivity contribution >= 4 is 5.82 Å². The summed E-state index contributed by atoms with van der Waals surface area (Å²) in [4.78, 5) is 4.03. The lowest BCUT2D eigenvalue weighted by Crippen LogP contribution is -1.87. The Kier molecular flexibility index (Phi) is 3.77. The zero-order valence-corrected chi connectivity index (χ0v) is 9.99. The average Bonchev–Trinajstić information content (AvgIpc) is 2.46. The van der Waals surface area contributed by atoms with E-state index in [2.05, 4.69) is 15.2 Å². The van der Waals surface area contributed by atoms with Gasteiger partial charge in [-0.25, -0.2) is 4.98 Å². The Balaban J connectivity index is 2.19. The van der Waals surface area contributed by atoms with E-state index in [0.29, 0.717) is 11.4 Å². The van der Waals surface area contributed by atoms with Gasteiger partial charge in [-0.15, -0.1) is 5.11 Å². The Morgan fingerprint density at radius 1 is 1.17 bits per heavy atom. The van der Waals surface area contributed by atoms with Crippen molar-refractivity contribution in [1.29, 1.82) is 5.26 Å². The molecule has 4 heteroatoms. The minimum atomic E-state index is -0.0558. The van der Waals surface area contributed by atoms with Gasteiger partial charge in [0, 0.05) is 6.20 Å². The molecule has 0 aliphatic rings. The standard InChI is InChI=1S/C14H12N4/c1-11(12-6-3-2-4-7-12)17-18-14-13(10-15)8-5-9-16-14/h2-9,11H,1H3. The molecule has 1 atom stereocenters. The van der Waals surface area contributed by atoms with Gasteiger partial charge in [0.1, 0.15) is 6.07 Å². The first-order valence-corrected chi connectivity index (χ1v) is 5.62.